The summed E-state index contributed by atoms with van der Waals surface area (Å²) in [5, 5.41) is 3.65. The number of aromatic nitrogens is 3. The van der Waals surface area contributed by atoms with E-state index < -0.39 is 0 Å². The first-order valence-corrected chi connectivity index (χ1v) is 10.2. The number of piperidine rings is 1. The molecule has 2 aliphatic rings. The quantitative estimate of drug-likeness (QED) is 0.847. The van der Waals surface area contributed by atoms with E-state index in [2.05, 4.69) is 33.2 Å². The molecule has 1 atom stereocenters. The number of pyridine rings is 1. The van der Waals surface area contributed by atoms with Gasteiger partial charge in [0.2, 0.25) is 0 Å². The van der Waals surface area contributed by atoms with Gasteiger partial charge in [0.15, 0.2) is 5.82 Å². The lowest BCUT2D eigenvalue weighted by Gasteiger charge is -2.33. The predicted octanol–water partition coefficient (Wildman–Crippen LogP) is 3.01. The second-order valence-electron chi connectivity index (χ2n) is 7.59. The molecule has 6 nitrogen and oxygen atoms in total. The van der Waals surface area contributed by atoms with Gasteiger partial charge in [-0.3, -0.25) is 4.98 Å². The second-order valence-corrected chi connectivity index (χ2v) is 7.59. The van der Waals surface area contributed by atoms with E-state index in [4.69, 9.17) is 9.72 Å². The van der Waals surface area contributed by atoms with Crippen LogP contribution in [0.3, 0.4) is 0 Å². The summed E-state index contributed by atoms with van der Waals surface area (Å²) in [5.41, 5.74) is 1.87. The minimum atomic E-state index is 0.470. The smallest absolute Gasteiger partial charge is 0.180 e. The summed E-state index contributed by atoms with van der Waals surface area (Å²) < 4.78 is 5.51. The molecule has 0 saturated carbocycles. The van der Waals surface area contributed by atoms with Crippen LogP contribution in [-0.2, 0) is 11.2 Å². The van der Waals surface area contributed by atoms with Crippen molar-refractivity contribution in [1.82, 2.24) is 19.9 Å². The number of likely N-dealkylation sites (tertiary alicyclic amines) is 1. The number of hydrogen-bond acceptors (Lipinski definition) is 6. The van der Waals surface area contributed by atoms with Gasteiger partial charge in [-0.2, -0.15) is 0 Å². The predicted molar refractivity (Wildman–Crippen MR) is 107 cm³/mol. The minimum absolute atomic E-state index is 0.470. The van der Waals surface area contributed by atoms with Crippen molar-refractivity contribution >= 4 is 5.82 Å². The van der Waals surface area contributed by atoms with Crippen molar-refractivity contribution in [3.8, 4) is 11.5 Å². The Balaban J connectivity index is 1.38. The molecule has 2 saturated heterocycles. The Hall–Kier alpha value is -2.05. The van der Waals surface area contributed by atoms with Crippen LogP contribution >= 0.6 is 0 Å². The van der Waals surface area contributed by atoms with E-state index in [0.717, 1.165) is 68.7 Å². The van der Waals surface area contributed by atoms with E-state index in [1.807, 2.05) is 18.2 Å². The zero-order valence-electron chi connectivity index (χ0n) is 16.1. The number of anilines is 1. The van der Waals surface area contributed by atoms with Crippen LogP contribution < -0.4 is 5.32 Å². The third-order valence-corrected chi connectivity index (χ3v) is 5.52. The van der Waals surface area contributed by atoms with E-state index in [-0.39, 0.29) is 0 Å². The molecule has 2 fully saturated rings. The van der Waals surface area contributed by atoms with Gasteiger partial charge in [0.05, 0.1) is 6.61 Å². The number of hydrogen-bond donors (Lipinski definition) is 1. The Morgan fingerprint density at radius 3 is 2.78 bits per heavy atom. The van der Waals surface area contributed by atoms with Crippen LogP contribution in [0.4, 0.5) is 5.82 Å². The fourth-order valence-electron chi connectivity index (χ4n) is 3.92. The molecule has 1 N–H and O–H groups in total. The molecule has 2 aromatic rings. The van der Waals surface area contributed by atoms with Crippen LogP contribution in [0, 0.1) is 5.92 Å². The molecular formula is C21H29N5O. The van der Waals surface area contributed by atoms with Gasteiger partial charge in [-0.05, 0) is 43.7 Å². The molecule has 2 aliphatic heterocycles. The summed E-state index contributed by atoms with van der Waals surface area (Å²) in [6, 6.07) is 8.40. The Labute approximate surface area is 161 Å². The highest BCUT2D eigenvalue weighted by atomic mass is 16.5. The van der Waals surface area contributed by atoms with Crippen molar-refractivity contribution in [1.29, 1.82) is 0 Å². The average Bonchev–Trinajstić information content (AvgIpc) is 3.23. The molecule has 2 aromatic heterocycles. The summed E-state index contributed by atoms with van der Waals surface area (Å²) in [5.74, 6) is 2.35. The maximum absolute atomic E-state index is 5.51. The average molecular weight is 367 g/mol. The van der Waals surface area contributed by atoms with Crippen molar-refractivity contribution in [2.45, 2.75) is 38.6 Å². The number of rotatable bonds is 6. The molecular weight excluding hydrogens is 338 g/mol. The maximum atomic E-state index is 5.51. The van der Waals surface area contributed by atoms with Crippen molar-refractivity contribution in [2.24, 2.45) is 5.92 Å². The van der Waals surface area contributed by atoms with Gasteiger partial charge in [0.1, 0.15) is 11.5 Å². The Bertz CT molecular complexity index is 725. The molecule has 1 unspecified atom stereocenters. The molecule has 0 radical (unpaired) electrons. The molecule has 0 aromatic carbocycles. The Morgan fingerprint density at radius 1 is 1.19 bits per heavy atom. The molecule has 0 bridgehead atoms. The van der Waals surface area contributed by atoms with E-state index in [9.17, 15) is 0 Å². The first-order valence-electron chi connectivity index (χ1n) is 10.2. The van der Waals surface area contributed by atoms with Crippen LogP contribution in [0.2, 0.25) is 0 Å². The van der Waals surface area contributed by atoms with Gasteiger partial charge in [-0.15, -0.1) is 0 Å². The van der Waals surface area contributed by atoms with Crippen LogP contribution in [0.5, 0.6) is 0 Å². The van der Waals surface area contributed by atoms with Crippen molar-refractivity contribution in [3.05, 3.63) is 36.2 Å². The molecule has 0 aliphatic carbocycles. The normalized spacial score (nSPS) is 21.4. The number of nitrogens with one attached hydrogen (secondary N) is 1. The van der Waals surface area contributed by atoms with Crippen molar-refractivity contribution < 1.29 is 4.74 Å². The standard InChI is InChI=1S/C21H29N5O/c1-2-17-13-20(25-21(24-17)19-5-3-4-9-22-19)23-18-6-10-26(11-7-18)14-16-8-12-27-15-16/h3-5,9,13,16,18H,2,6-8,10-12,14-15H2,1H3,(H,23,24,25). The molecule has 0 amide bonds. The van der Waals surface area contributed by atoms with E-state index in [1.54, 1.807) is 6.20 Å². The van der Waals surface area contributed by atoms with Gasteiger partial charge in [-0.25, -0.2) is 9.97 Å². The topological polar surface area (TPSA) is 63.2 Å². The highest BCUT2D eigenvalue weighted by Crippen LogP contribution is 2.21. The molecule has 6 heteroatoms. The fourth-order valence-corrected chi connectivity index (χ4v) is 3.92. The Kier molecular flexibility index (Phi) is 5.94. The summed E-state index contributed by atoms with van der Waals surface area (Å²) in [7, 11) is 0. The molecule has 144 valence electrons. The van der Waals surface area contributed by atoms with Gasteiger partial charge in [0.25, 0.3) is 0 Å². The van der Waals surface area contributed by atoms with Crippen LogP contribution in [0.25, 0.3) is 11.5 Å². The molecule has 4 rings (SSSR count). The minimum Gasteiger partial charge on any atom is -0.381 e. The largest absolute Gasteiger partial charge is 0.381 e. The first kappa shape index (κ1) is 18.3. The third-order valence-electron chi connectivity index (χ3n) is 5.52. The summed E-state index contributed by atoms with van der Waals surface area (Å²) in [6.07, 6.45) is 6.19. The molecule has 27 heavy (non-hydrogen) atoms. The zero-order valence-corrected chi connectivity index (χ0v) is 16.1. The fraction of sp³-hybridized carbons (Fsp3) is 0.571. The lowest BCUT2D eigenvalue weighted by atomic mass is 10.0. The van der Waals surface area contributed by atoms with E-state index in [1.165, 1.54) is 13.0 Å². The second kappa shape index (κ2) is 8.76. The SMILES string of the molecule is CCc1cc(NC2CCN(CC3CCOC3)CC2)nc(-c2ccccn2)n1. The van der Waals surface area contributed by atoms with Crippen molar-refractivity contribution in [2.75, 3.05) is 38.2 Å². The van der Waals surface area contributed by atoms with Crippen LogP contribution in [-0.4, -0.2) is 58.7 Å². The molecule has 0 spiro atoms. The van der Waals surface area contributed by atoms with Gasteiger partial charge >= 0.3 is 0 Å². The van der Waals surface area contributed by atoms with E-state index in [0.29, 0.717) is 11.9 Å². The lowest BCUT2D eigenvalue weighted by Crippen LogP contribution is -2.41. The highest BCUT2D eigenvalue weighted by Gasteiger charge is 2.24. The number of aryl methyl sites for hydroxylation is 1. The maximum Gasteiger partial charge on any atom is 0.180 e. The lowest BCUT2D eigenvalue weighted by molar-refractivity contribution is 0.154. The van der Waals surface area contributed by atoms with Gasteiger partial charge in [-0.1, -0.05) is 13.0 Å². The number of nitrogens with zero attached hydrogens (tertiary/aromatic N) is 4. The monoisotopic (exact) mass is 367 g/mol. The summed E-state index contributed by atoms with van der Waals surface area (Å²) in [4.78, 5) is 16.4. The number of ether oxygens (including phenoxy) is 1. The summed E-state index contributed by atoms with van der Waals surface area (Å²) >= 11 is 0. The van der Waals surface area contributed by atoms with Gasteiger partial charge in [0, 0.05) is 50.2 Å². The van der Waals surface area contributed by atoms with Crippen LogP contribution in [0.15, 0.2) is 30.5 Å². The summed E-state index contributed by atoms with van der Waals surface area (Å²) in [6.45, 7) is 7.48. The van der Waals surface area contributed by atoms with Crippen molar-refractivity contribution in [3.63, 3.8) is 0 Å². The van der Waals surface area contributed by atoms with Crippen LogP contribution in [0.1, 0.15) is 31.9 Å². The molecule has 4 heterocycles. The third kappa shape index (κ3) is 4.82. The first-order chi connectivity index (χ1) is 13.3. The van der Waals surface area contributed by atoms with E-state index >= 15 is 0 Å². The van der Waals surface area contributed by atoms with Gasteiger partial charge < -0.3 is 15.0 Å². The Morgan fingerprint density at radius 2 is 2.07 bits per heavy atom. The zero-order chi connectivity index (χ0) is 18.5. The highest BCUT2D eigenvalue weighted by molar-refractivity contribution is 5.53.